The van der Waals surface area contributed by atoms with Gasteiger partial charge in [-0.2, -0.15) is 0 Å². The van der Waals surface area contributed by atoms with Gasteiger partial charge in [-0.25, -0.2) is 22.9 Å². The number of aromatic carboxylic acids is 1. The number of benzene rings is 1. The Hall–Kier alpha value is -3.40. The van der Waals surface area contributed by atoms with Crippen molar-refractivity contribution < 1.29 is 23.1 Å². The van der Waals surface area contributed by atoms with E-state index >= 15 is 4.39 Å². The van der Waals surface area contributed by atoms with Gasteiger partial charge in [0.1, 0.15) is 17.2 Å². The summed E-state index contributed by atoms with van der Waals surface area (Å²) in [5.74, 6) is -3.56. The van der Waals surface area contributed by atoms with E-state index in [1.165, 1.54) is 6.92 Å². The van der Waals surface area contributed by atoms with Crippen LogP contribution in [0.4, 0.5) is 19.0 Å². The summed E-state index contributed by atoms with van der Waals surface area (Å²) in [4.78, 5) is 30.7. The van der Waals surface area contributed by atoms with Gasteiger partial charge in [0.05, 0.1) is 11.1 Å². The minimum Gasteiger partial charge on any atom is -0.477 e. The van der Waals surface area contributed by atoms with Gasteiger partial charge in [-0.1, -0.05) is 0 Å². The van der Waals surface area contributed by atoms with Crippen LogP contribution >= 0.6 is 0 Å². The van der Waals surface area contributed by atoms with Crippen LogP contribution in [0.5, 0.6) is 0 Å². The largest absolute Gasteiger partial charge is 0.477 e. The number of hydrogen-bond donors (Lipinski definition) is 2. The van der Waals surface area contributed by atoms with Crippen LogP contribution in [0, 0.1) is 36.2 Å². The van der Waals surface area contributed by atoms with Crippen LogP contribution < -0.4 is 16.1 Å². The van der Waals surface area contributed by atoms with E-state index in [0.29, 0.717) is 25.1 Å². The quantitative estimate of drug-likeness (QED) is 0.644. The van der Waals surface area contributed by atoms with Crippen LogP contribution in [0.25, 0.3) is 16.7 Å². The molecule has 3 aromatic rings. The number of halogens is 3. The van der Waals surface area contributed by atoms with E-state index in [4.69, 9.17) is 5.73 Å². The summed E-state index contributed by atoms with van der Waals surface area (Å²) in [6, 6.07) is 2.78. The molecule has 1 aliphatic carbocycles. The first-order chi connectivity index (χ1) is 15.2. The van der Waals surface area contributed by atoms with E-state index in [1.54, 1.807) is 4.90 Å². The molecule has 0 spiro atoms. The van der Waals surface area contributed by atoms with E-state index < -0.39 is 34.4 Å². The van der Waals surface area contributed by atoms with Crippen LogP contribution in [0.1, 0.15) is 22.3 Å². The van der Waals surface area contributed by atoms with Crippen molar-refractivity contribution in [2.75, 3.05) is 18.0 Å². The van der Waals surface area contributed by atoms with Crippen LogP contribution in [-0.2, 0) is 0 Å². The molecule has 1 saturated carbocycles. The lowest BCUT2D eigenvalue weighted by Crippen LogP contribution is -2.46. The van der Waals surface area contributed by atoms with E-state index in [0.717, 1.165) is 29.3 Å². The minimum atomic E-state index is -1.55. The average molecular weight is 444 g/mol. The number of aryl methyl sites for hydroxylation is 1. The molecule has 166 valence electrons. The fourth-order valence-electron chi connectivity index (χ4n) is 4.83. The standard InChI is InChI=1S/C22H19F3N4O3/c1-9-17-19(30)13(22(31)32)8-29(16-3-2-11(23)5-14(16)24)20(17)27-21(18(9)25)28-6-10-4-15(26)12(10)7-28/h2-3,5,8,10,12,15H,4,6-7,26H2,1H3,(H,31,32)/t10-,12+,15-/m1/s1. The summed E-state index contributed by atoms with van der Waals surface area (Å²) < 4.78 is 44.5. The molecule has 10 heteroatoms. The summed E-state index contributed by atoms with van der Waals surface area (Å²) in [5, 5.41) is 9.22. The smallest absolute Gasteiger partial charge is 0.341 e. The van der Waals surface area contributed by atoms with Crippen molar-refractivity contribution in [3.05, 3.63) is 63.2 Å². The SMILES string of the molecule is Cc1c(F)c(N2C[C@H]3C[C@@H](N)[C@H]3C2)nc2c1c(=O)c(C(=O)O)cn2-c1ccc(F)cc1F. The number of pyridine rings is 2. The van der Waals surface area contributed by atoms with E-state index in [1.807, 2.05) is 0 Å². The number of carbonyl (C=O) groups is 1. The zero-order valence-electron chi connectivity index (χ0n) is 17.0. The molecule has 0 amide bonds. The molecule has 0 bridgehead atoms. The molecule has 1 aromatic carbocycles. The van der Waals surface area contributed by atoms with Gasteiger partial charge in [0.25, 0.3) is 0 Å². The average Bonchev–Trinajstić information content (AvgIpc) is 3.07. The highest BCUT2D eigenvalue weighted by Crippen LogP contribution is 2.42. The normalized spacial score (nSPS) is 22.2. The number of carboxylic acids is 1. The molecule has 3 N–H and O–H groups in total. The second kappa shape index (κ2) is 7.06. The lowest BCUT2D eigenvalue weighted by Gasteiger charge is -2.36. The maximum absolute atomic E-state index is 15.4. The fourth-order valence-corrected chi connectivity index (χ4v) is 4.83. The molecule has 0 unspecified atom stereocenters. The number of hydrogen-bond acceptors (Lipinski definition) is 5. The number of aromatic nitrogens is 2. The van der Waals surface area contributed by atoms with Crippen LogP contribution in [0.15, 0.2) is 29.2 Å². The van der Waals surface area contributed by atoms with E-state index in [-0.39, 0.29) is 40.1 Å². The number of fused-ring (bicyclic) bond motifs is 2. The third-order valence-corrected chi connectivity index (χ3v) is 6.61. The van der Waals surface area contributed by atoms with Crippen molar-refractivity contribution in [2.24, 2.45) is 17.6 Å². The molecule has 32 heavy (non-hydrogen) atoms. The number of anilines is 1. The number of nitrogens with zero attached hydrogens (tertiary/aromatic N) is 3. The first-order valence-electron chi connectivity index (χ1n) is 10.1. The first kappa shape index (κ1) is 20.5. The Morgan fingerprint density at radius 2 is 2.00 bits per heavy atom. The van der Waals surface area contributed by atoms with Crippen molar-refractivity contribution in [3.63, 3.8) is 0 Å². The molecular formula is C22H19F3N4O3. The topological polar surface area (TPSA) is 101 Å². The summed E-state index contributed by atoms with van der Waals surface area (Å²) in [6.45, 7) is 2.41. The predicted molar refractivity (Wildman–Crippen MR) is 111 cm³/mol. The Balaban J connectivity index is 1.80. The molecule has 1 aliphatic heterocycles. The zero-order chi connectivity index (χ0) is 22.9. The molecule has 1 saturated heterocycles. The monoisotopic (exact) mass is 444 g/mol. The number of nitrogens with two attached hydrogens (primary N) is 1. The van der Waals surface area contributed by atoms with Crippen LogP contribution in [-0.4, -0.2) is 39.8 Å². The van der Waals surface area contributed by atoms with Gasteiger partial charge in [-0.3, -0.25) is 9.36 Å². The summed E-state index contributed by atoms with van der Waals surface area (Å²) in [6.07, 6.45) is 1.77. The van der Waals surface area contributed by atoms with Gasteiger partial charge < -0.3 is 15.7 Å². The Kier molecular flexibility index (Phi) is 4.52. The number of rotatable bonds is 3. The summed E-state index contributed by atoms with van der Waals surface area (Å²) >= 11 is 0. The molecule has 2 aliphatic rings. The molecule has 3 heterocycles. The van der Waals surface area contributed by atoms with Crippen LogP contribution in [0.2, 0.25) is 0 Å². The molecule has 7 nitrogen and oxygen atoms in total. The fraction of sp³-hybridized carbons (Fsp3) is 0.318. The molecular weight excluding hydrogens is 425 g/mol. The maximum Gasteiger partial charge on any atom is 0.341 e. The van der Waals surface area contributed by atoms with Gasteiger partial charge in [-0.05, 0) is 37.3 Å². The second-order valence-electron chi connectivity index (χ2n) is 8.44. The van der Waals surface area contributed by atoms with E-state index in [2.05, 4.69) is 4.98 Å². The third kappa shape index (κ3) is 2.89. The molecule has 3 atom stereocenters. The second-order valence-corrected chi connectivity index (χ2v) is 8.44. The number of carboxylic acid groups (broad SMARTS) is 1. The lowest BCUT2D eigenvalue weighted by molar-refractivity contribution is 0.0695. The highest BCUT2D eigenvalue weighted by molar-refractivity contribution is 5.93. The molecule has 2 aromatic heterocycles. The molecule has 5 rings (SSSR count). The Morgan fingerprint density at radius 3 is 2.62 bits per heavy atom. The van der Waals surface area contributed by atoms with Gasteiger partial charge in [0.15, 0.2) is 17.3 Å². The van der Waals surface area contributed by atoms with Gasteiger partial charge in [0.2, 0.25) is 5.43 Å². The van der Waals surface area contributed by atoms with Gasteiger partial charge >= 0.3 is 5.97 Å². The molecule has 0 radical (unpaired) electrons. The highest BCUT2D eigenvalue weighted by atomic mass is 19.1. The maximum atomic E-state index is 15.4. The van der Waals surface area contributed by atoms with Crippen molar-refractivity contribution in [1.29, 1.82) is 0 Å². The van der Waals surface area contributed by atoms with Crippen molar-refractivity contribution in [3.8, 4) is 5.69 Å². The minimum absolute atomic E-state index is 0.00431. The van der Waals surface area contributed by atoms with Gasteiger partial charge in [-0.15, -0.1) is 0 Å². The van der Waals surface area contributed by atoms with E-state index in [9.17, 15) is 23.5 Å². The molecule has 2 fully saturated rings. The van der Waals surface area contributed by atoms with Crippen molar-refractivity contribution >= 4 is 22.8 Å². The van der Waals surface area contributed by atoms with Crippen molar-refractivity contribution in [1.82, 2.24) is 9.55 Å². The third-order valence-electron chi connectivity index (χ3n) is 6.61. The predicted octanol–water partition coefficient (Wildman–Crippen LogP) is 2.59. The van der Waals surface area contributed by atoms with Gasteiger partial charge in [0, 0.05) is 37.0 Å². The van der Waals surface area contributed by atoms with Crippen LogP contribution in [0.3, 0.4) is 0 Å². The zero-order valence-corrected chi connectivity index (χ0v) is 17.0. The Labute approximate surface area is 179 Å². The first-order valence-corrected chi connectivity index (χ1v) is 10.1. The van der Waals surface area contributed by atoms with Crippen molar-refractivity contribution in [2.45, 2.75) is 19.4 Å². The summed E-state index contributed by atoms with van der Waals surface area (Å²) in [7, 11) is 0. The Bertz CT molecular complexity index is 1360. The highest BCUT2D eigenvalue weighted by Gasteiger charge is 2.46. The summed E-state index contributed by atoms with van der Waals surface area (Å²) in [5.41, 5.74) is 4.03. The lowest BCUT2D eigenvalue weighted by atomic mass is 9.72. The Morgan fingerprint density at radius 1 is 1.25 bits per heavy atom.